The van der Waals surface area contributed by atoms with Crippen molar-refractivity contribution in [3.8, 4) is 0 Å². The molecular weight excluding hydrogens is 282 g/mol. The van der Waals surface area contributed by atoms with E-state index in [1.807, 2.05) is 0 Å². The van der Waals surface area contributed by atoms with Crippen molar-refractivity contribution in [2.24, 2.45) is 5.92 Å². The summed E-state index contributed by atoms with van der Waals surface area (Å²) < 4.78 is 25.7. The fourth-order valence-corrected chi connectivity index (χ4v) is 4.75. The number of rotatable bonds is 2. The molecule has 1 aromatic rings. The topological polar surface area (TPSA) is 102 Å². The first-order valence-corrected chi connectivity index (χ1v) is 8.57. The number of aromatic nitrogens is 3. The van der Waals surface area contributed by atoms with E-state index in [4.69, 9.17) is 5.11 Å². The lowest BCUT2D eigenvalue weighted by molar-refractivity contribution is -0.142. The molecule has 2 unspecified atom stereocenters. The Bertz CT molecular complexity index is 637. The first kappa shape index (κ1) is 13.5. The summed E-state index contributed by atoms with van der Waals surface area (Å²) in [6.07, 6.45) is 3.20. The van der Waals surface area contributed by atoms with Crippen molar-refractivity contribution in [1.82, 2.24) is 14.8 Å². The predicted molar refractivity (Wildman–Crippen MR) is 69.8 cm³/mol. The van der Waals surface area contributed by atoms with Crippen LogP contribution in [0.1, 0.15) is 42.6 Å². The third kappa shape index (κ3) is 2.32. The molecule has 1 aromatic heterocycles. The van der Waals surface area contributed by atoms with Crippen molar-refractivity contribution in [3.05, 3.63) is 11.6 Å². The lowest BCUT2D eigenvalue weighted by atomic mass is 10.0. The highest BCUT2D eigenvalue weighted by atomic mass is 32.2. The van der Waals surface area contributed by atoms with Gasteiger partial charge in [0.25, 0.3) is 0 Å². The lowest BCUT2D eigenvalue weighted by Gasteiger charge is -2.19. The standard InChI is InChI=1S/C12H17N3O4S/c16-12(17)8-4-5-10-13-11(14-15(10)7-8)9-3-1-2-6-20(9,18)19/h8-9H,1-7H2,(H,16,17). The van der Waals surface area contributed by atoms with Gasteiger partial charge in [-0.3, -0.25) is 4.79 Å². The summed E-state index contributed by atoms with van der Waals surface area (Å²) in [5.41, 5.74) is 0. The van der Waals surface area contributed by atoms with E-state index >= 15 is 0 Å². The number of hydrogen-bond acceptors (Lipinski definition) is 5. The highest BCUT2D eigenvalue weighted by Crippen LogP contribution is 2.32. The zero-order chi connectivity index (χ0) is 14.3. The second-order valence-corrected chi connectivity index (χ2v) is 7.80. The summed E-state index contributed by atoms with van der Waals surface area (Å²) in [4.78, 5) is 15.4. The van der Waals surface area contributed by atoms with Gasteiger partial charge in [-0.25, -0.2) is 18.1 Å². The van der Waals surface area contributed by atoms with Gasteiger partial charge in [0.05, 0.1) is 18.2 Å². The van der Waals surface area contributed by atoms with Crippen LogP contribution in [0.15, 0.2) is 0 Å². The molecule has 1 fully saturated rings. The van der Waals surface area contributed by atoms with Gasteiger partial charge in [-0.15, -0.1) is 0 Å². The molecule has 3 rings (SSSR count). The summed E-state index contributed by atoms with van der Waals surface area (Å²) in [7, 11) is -3.16. The third-order valence-electron chi connectivity index (χ3n) is 4.09. The molecule has 0 saturated carbocycles. The van der Waals surface area contributed by atoms with Gasteiger partial charge in [-0.05, 0) is 19.3 Å². The molecule has 0 aromatic carbocycles. The third-order valence-corrected chi connectivity index (χ3v) is 6.26. The van der Waals surface area contributed by atoms with Gasteiger partial charge in [0.1, 0.15) is 11.1 Å². The maximum Gasteiger partial charge on any atom is 0.308 e. The van der Waals surface area contributed by atoms with Crippen molar-refractivity contribution in [3.63, 3.8) is 0 Å². The number of carboxylic acid groups (broad SMARTS) is 1. The summed E-state index contributed by atoms with van der Waals surface area (Å²) in [5.74, 6) is -0.0405. The van der Waals surface area contributed by atoms with Crippen molar-refractivity contribution in [2.75, 3.05) is 5.75 Å². The number of hydrogen-bond donors (Lipinski definition) is 1. The molecule has 0 spiro atoms. The molecule has 0 bridgehead atoms. The van der Waals surface area contributed by atoms with Gasteiger partial charge < -0.3 is 5.11 Å². The zero-order valence-corrected chi connectivity index (χ0v) is 11.8. The molecule has 20 heavy (non-hydrogen) atoms. The highest BCUT2D eigenvalue weighted by molar-refractivity contribution is 7.91. The fourth-order valence-electron chi connectivity index (χ4n) is 2.91. The van der Waals surface area contributed by atoms with E-state index in [1.54, 1.807) is 4.68 Å². The maximum absolute atomic E-state index is 12.1. The number of carboxylic acids is 1. The summed E-state index contributed by atoms with van der Waals surface area (Å²) >= 11 is 0. The second kappa shape index (κ2) is 4.83. The van der Waals surface area contributed by atoms with E-state index in [0.717, 1.165) is 6.42 Å². The fraction of sp³-hybridized carbons (Fsp3) is 0.750. The number of fused-ring (bicyclic) bond motifs is 1. The quantitative estimate of drug-likeness (QED) is 0.856. The van der Waals surface area contributed by atoms with E-state index < -0.39 is 27.0 Å². The van der Waals surface area contributed by atoms with Crippen LogP contribution < -0.4 is 0 Å². The van der Waals surface area contributed by atoms with Gasteiger partial charge in [-0.1, -0.05) is 6.42 Å². The van der Waals surface area contributed by atoms with Crippen molar-refractivity contribution in [2.45, 2.75) is 43.9 Å². The number of sulfone groups is 1. The molecule has 0 radical (unpaired) electrons. The van der Waals surface area contributed by atoms with Gasteiger partial charge >= 0.3 is 5.97 Å². The van der Waals surface area contributed by atoms with Crippen molar-refractivity contribution >= 4 is 15.8 Å². The van der Waals surface area contributed by atoms with Crippen LogP contribution in [0.2, 0.25) is 0 Å². The van der Waals surface area contributed by atoms with Crippen LogP contribution in [0.25, 0.3) is 0 Å². The molecule has 0 aliphatic carbocycles. The highest BCUT2D eigenvalue weighted by Gasteiger charge is 2.35. The molecule has 2 atom stereocenters. The SMILES string of the molecule is O=C(O)C1CCc2nc(C3CCCCS3(=O)=O)nn2C1. The van der Waals surface area contributed by atoms with E-state index in [-0.39, 0.29) is 12.3 Å². The van der Waals surface area contributed by atoms with E-state index in [2.05, 4.69) is 10.1 Å². The monoisotopic (exact) mass is 299 g/mol. The maximum atomic E-state index is 12.1. The second-order valence-electron chi connectivity index (χ2n) is 5.49. The van der Waals surface area contributed by atoms with Gasteiger partial charge in [-0.2, -0.15) is 5.10 Å². The normalized spacial score (nSPS) is 28.8. The molecule has 7 nitrogen and oxygen atoms in total. The van der Waals surface area contributed by atoms with Crippen LogP contribution in [0.4, 0.5) is 0 Å². The molecule has 0 amide bonds. The van der Waals surface area contributed by atoms with Gasteiger partial charge in [0.15, 0.2) is 15.7 Å². The van der Waals surface area contributed by atoms with Gasteiger partial charge in [0, 0.05) is 6.42 Å². The van der Waals surface area contributed by atoms with Crippen LogP contribution in [-0.2, 0) is 27.6 Å². The van der Waals surface area contributed by atoms with Crippen LogP contribution in [-0.4, -0.2) is 40.0 Å². The van der Waals surface area contributed by atoms with E-state index in [0.29, 0.717) is 37.3 Å². The average molecular weight is 299 g/mol. The largest absolute Gasteiger partial charge is 0.481 e. The Morgan fingerprint density at radius 3 is 2.80 bits per heavy atom. The molecule has 2 aliphatic rings. The average Bonchev–Trinajstić information content (AvgIpc) is 2.80. The Kier molecular flexibility index (Phi) is 3.27. The Labute approximate surface area is 116 Å². The molecule has 1 saturated heterocycles. The summed E-state index contributed by atoms with van der Waals surface area (Å²) in [6.45, 7) is 0.282. The number of aryl methyl sites for hydroxylation is 1. The summed E-state index contributed by atoms with van der Waals surface area (Å²) in [6, 6.07) is 0. The Morgan fingerprint density at radius 1 is 1.30 bits per heavy atom. The van der Waals surface area contributed by atoms with Crippen molar-refractivity contribution < 1.29 is 18.3 Å². The number of carbonyl (C=O) groups is 1. The summed E-state index contributed by atoms with van der Waals surface area (Å²) in [5, 5.41) is 12.7. The molecule has 2 aliphatic heterocycles. The number of aliphatic carboxylic acids is 1. The molecule has 3 heterocycles. The Balaban J connectivity index is 1.89. The van der Waals surface area contributed by atoms with Crippen LogP contribution >= 0.6 is 0 Å². The first-order chi connectivity index (χ1) is 9.47. The van der Waals surface area contributed by atoms with Crippen molar-refractivity contribution in [1.29, 1.82) is 0 Å². The Hall–Kier alpha value is -1.44. The molecule has 1 N–H and O–H groups in total. The molecular formula is C12H17N3O4S. The van der Waals surface area contributed by atoms with Crippen LogP contribution in [0, 0.1) is 5.92 Å². The minimum absolute atomic E-state index is 0.194. The smallest absolute Gasteiger partial charge is 0.308 e. The van der Waals surface area contributed by atoms with E-state index in [1.165, 1.54) is 0 Å². The Morgan fingerprint density at radius 2 is 2.10 bits per heavy atom. The minimum atomic E-state index is -3.16. The molecule has 110 valence electrons. The first-order valence-electron chi connectivity index (χ1n) is 6.85. The predicted octanol–water partition coefficient (Wildman–Crippen LogP) is 0.565. The zero-order valence-electron chi connectivity index (χ0n) is 11.0. The van der Waals surface area contributed by atoms with E-state index in [9.17, 15) is 13.2 Å². The minimum Gasteiger partial charge on any atom is -0.481 e. The van der Waals surface area contributed by atoms with Crippen LogP contribution in [0.5, 0.6) is 0 Å². The van der Waals surface area contributed by atoms with Crippen LogP contribution in [0.3, 0.4) is 0 Å². The lowest BCUT2D eigenvalue weighted by Crippen LogP contribution is -2.27. The number of nitrogens with zero attached hydrogens (tertiary/aromatic N) is 3. The van der Waals surface area contributed by atoms with Gasteiger partial charge in [0.2, 0.25) is 0 Å². The molecule has 8 heteroatoms.